The van der Waals surface area contributed by atoms with Gasteiger partial charge >= 0.3 is 0 Å². The van der Waals surface area contributed by atoms with Crippen LogP contribution in [0.25, 0.3) is 0 Å². The number of rotatable bonds is 2. The Labute approximate surface area is 159 Å². The van der Waals surface area contributed by atoms with Crippen LogP contribution in [0.15, 0.2) is 18.2 Å². The molecule has 1 aliphatic carbocycles. The van der Waals surface area contributed by atoms with E-state index >= 15 is 0 Å². The number of carbonyl (C=O) groups excluding carboxylic acids is 2. The Morgan fingerprint density at radius 2 is 1.85 bits per heavy atom. The molecule has 1 aromatic rings. The number of aromatic hydroxyl groups is 2. The first-order valence-electron chi connectivity index (χ1n) is 10.1. The van der Waals surface area contributed by atoms with E-state index in [2.05, 4.69) is 4.90 Å². The SMILES string of the molecule is O=C(c1cccc(O)c1O)N1CCCC2(CCC(=O)N(C3CCCC3)C2)C1. The number of hydrogen-bond donors (Lipinski definition) is 2. The molecular weight excluding hydrogens is 344 g/mol. The van der Waals surface area contributed by atoms with E-state index in [0.29, 0.717) is 25.6 Å². The summed E-state index contributed by atoms with van der Waals surface area (Å²) in [4.78, 5) is 29.4. The first-order valence-corrected chi connectivity index (χ1v) is 10.1. The van der Waals surface area contributed by atoms with Gasteiger partial charge in [0.1, 0.15) is 0 Å². The fraction of sp³-hybridized carbons (Fsp3) is 0.619. The summed E-state index contributed by atoms with van der Waals surface area (Å²) < 4.78 is 0. The summed E-state index contributed by atoms with van der Waals surface area (Å²) in [7, 11) is 0. The highest BCUT2D eigenvalue weighted by molar-refractivity contribution is 5.97. The number of para-hydroxylation sites is 1. The smallest absolute Gasteiger partial charge is 0.257 e. The van der Waals surface area contributed by atoms with Crippen LogP contribution in [0.4, 0.5) is 0 Å². The van der Waals surface area contributed by atoms with Crippen molar-refractivity contribution in [1.82, 2.24) is 9.80 Å². The van der Waals surface area contributed by atoms with Gasteiger partial charge in [-0.15, -0.1) is 0 Å². The summed E-state index contributed by atoms with van der Waals surface area (Å²) in [6.45, 7) is 2.00. The fourth-order valence-electron chi connectivity index (χ4n) is 5.18. The molecular formula is C21H28N2O4. The van der Waals surface area contributed by atoms with Crippen molar-refractivity contribution in [3.63, 3.8) is 0 Å². The first-order chi connectivity index (χ1) is 13.0. The Kier molecular flexibility index (Phi) is 4.74. The van der Waals surface area contributed by atoms with E-state index in [-0.39, 0.29) is 34.3 Å². The lowest BCUT2D eigenvalue weighted by Gasteiger charge is -2.49. The van der Waals surface area contributed by atoms with Crippen LogP contribution in [-0.2, 0) is 4.79 Å². The van der Waals surface area contributed by atoms with Crippen molar-refractivity contribution < 1.29 is 19.8 Å². The molecule has 2 N–H and O–H groups in total. The second-order valence-corrected chi connectivity index (χ2v) is 8.46. The molecule has 3 aliphatic rings. The van der Waals surface area contributed by atoms with Gasteiger partial charge in [0.25, 0.3) is 5.91 Å². The molecule has 6 heteroatoms. The van der Waals surface area contributed by atoms with Crippen LogP contribution >= 0.6 is 0 Å². The standard InChI is InChI=1S/C21H28N2O4/c24-17-8-3-7-16(19(17)26)20(27)22-12-4-10-21(13-22)11-9-18(25)23(14-21)15-5-1-2-6-15/h3,7-8,15,24,26H,1-2,4-6,9-14H2. The van der Waals surface area contributed by atoms with Crippen LogP contribution < -0.4 is 0 Å². The molecule has 0 aromatic heterocycles. The quantitative estimate of drug-likeness (QED) is 0.782. The van der Waals surface area contributed by atoms with E-state index < -0.39 is 0 Å². The zero-order valence-electron chi connectivity index (χ0n) is 15.7. The van der Waals surface area contributed by atoms with Gasteiger partial charge < -0.3 is 20.0 Å². The molecule has 4 rings (SSSR count). The monoisotopic (exact) mass is 372 g/mol. The number of piperidine rings is 2. The summed E-state index contributed by atoms with van der Waals surface area (Å²) in [6, 6.07) is 4.86. The van der Waals surface area contributed by atoms with E-state index in [0.717, 1.165) is 38.6 Å². The lowest BCUT2D eigenvalue weighted by molar-refractivity contribution is -0.142. The van der Waals surface area contributed by atoms with Crippen molar-refractivity contribution in [1.29, 1.82) is 0 Å². The van der Waals surface area contributed by atoms with Crippen LogP contribution in [0, 0.1) is 5.41 Å². The van der Waals surface area contributed by atoms with Crippen molar-refractivity contribution >= 4 is 11.8 Å². The van der Waals surface area contributed by atoms with Crippen LogP contribution in [0.2, 0.25) is 0 Å². The number of phenolic OH excluding ortho intramolecular Hbond substituents is 2. The molecule has 146 valence electrons. The zero-order chi connectivity index (χ0) is 19.0. The van der Waals surface area contributed by atoms with Crippen molar-refractivity contribution in [3.8, 4) is 11.5 Å². The summed E-state index contributed by atoms with van der Waals surface area (Å²) in [5.74, 6) is -0.606. The molecule has 27 heavy (non-hydrogen) atoms. The van der Waals surface area contributed by atoms with Gasteiger partial charge in [-0.25, -0.2) is 0 Å². The van der Waals surface area contributed by atoms with Crippen molar-refractivity contribution in [3.05, 3.63) is 23.8 Å². The predicted molar refractivity (Wildman–Crippen MR) is 101 cm³/mol. The number of phenols is 2. The lowest BCUT2D eigenvalue weighted by atomic mass is 9.73. The fourth-order valence-corrected chi connectivity index (χ4v) is 5.18. The Bertz CT molecular complexity index is 744. The highest BCUT2D eigenvalue weighted by Gasteiger charge is 2.45. The molecule has 6 nitrogen and oxygen atoms in total. The Morgan fingerprint density at radius 1 is 1.07 bits per heavy atom. The lowest BCUT2D eigenvalue weighted by Crippen LogP contribution is -2.56. The molecule has 1 spiro atoms. The average molecular weight is 372 g/mol. The minimum atomic E-state index is -0.353. The maximum absolute atomic E-state index is 13.0. The largest absolute Gasteiger partial charge is 0.504 e. The molecule has 2 saturated heterocycles. The van der Waals surface area contributed by atoms with Gasteiger partial charge in [0.05, 0.1) is 5.56 Å². The molecule has 2 aliphatic heterocycles. The van der Waals surface area contributed by atoms with Crippen LogP contribution in [-0.4, -0.2) is 57.5 Å². The van der Waals surface area contributed by atoms with Gasteiger partial charge in [0.2, 0.25) is 5.91 Å². The second kappa shape index (κ2) is 7.06. The molecule has 3 fully saturated rings. The molecule has 1 saturated carbocycles. The summed E-state index contributed by atoms with van der Waals surface area (Å²) >= 11 is 0. The van der Waals surface area contributed by atoms with E-state index in [1.54, 1.807) is 17.0 Å². The topological polar surface area (TPSA) is 81.1 Å². The zero-order valence-corrected chi connectivity index (χ0v) is 15.7. The minimum absolute atomic E-state index is 0.0448. The summed E-state index contributed by atoms with van der Waals surface area (Å²) in [5.41, 5.74) is 0.100. The highest BCUT2D eigenvalue weighted by Crippen LogP contribution is 2.42. The third-order valence-electron chi connectivity index (χ3n) is 6.65. The number of hydrogen-bond acceptors (Lipinski definition) is 4. The molecule has 2 amide bonds. The molecule has 0 radical (unpaired) electrons. The van der Waals surface area contributed by atoms with Gasteiger partial charge in [-0.05, 0) is 44.2 Å². The Balaban J connectivity index is 1.52. The van der Waals surface area contributed by atoms with Crippen LogP contribution in [0.5, 0.6) is 11.5 Å². The average Bonchev–Trinajstić information content (AvgIpc) is 3.20. The van der Waals surface area contributed by atoms with E-state index in [4.69, 9.17) is 0 Å². The number of amides is 2. The van der Waals surface area contributed by atoms with Crippen molar-refractivity contribution in [2.24, 2.45) is 5.41 Å². The van der Waals surface area contributed by atoms with E-state index in [1.807, 2.05) is 0 Å². The third-order valence-corrected chi connectivity index (χ3v) is 6.65. The summed E-state index contributed by atoms with van der Waals surface area (Å²) in [5, 5.41) is 19.8. The van der Waals surface area contributed by atoms with E-state index in [9.17, 15) is 19.8 Å². The van der Waals surface area contributed by atoms with Crippen molar-refractivity contribution in [2.75, 3.05) is 19.6 Å². The molecule has 0 bridgehead atoms. The maximum Gasteiger partial charge on any atom is 0.257 e. The Morgan fingerprint density at radius 3 is 2.63 bits per heavy atom. The minimum Gasteiger partial charge on any atom is -0.504 e. The highest BCUT2D eigenvalue weighted by atomic mass is 16.3. The van der Waals surface area contributed by atoms with Gasteiger partial charge in [0, 0.05) is 37.5 Å². The van der Waals surface area contributed by atoms with Crippen LogP contribution in [0.3, 0.4) is 0 Å². The molecule has 1 unspecified atom stereocenters. The normalized spacial score (nSPS) is 26.7. The molecule has 1 atom stereocenters. The number of benzene rings is 1. The number of carbonyl (C=O) groups is 2. The number of likely N-dealkylation sites (tertiary alicyclic amines) is 2. The maximum atomic E-state index is 13.0. The third kappa shape index (κ3) is 3.37. The Hall–Kier alpha value is -2.24. The van der Waals surface area contributed by atoms with Gasteiger partial charge in [-0.3, -0.25) is 9.59 Å². The predicted octanol–water partition coefficient (Wildman–Crippen LogP) is 2.89. The number of nitrogens with zero attached hydrogens (tertiary/aromatic N) is 2. The van der Waals surface area contributed by atoms with E-state index in [1.165, 1.54) is 18.9 Å². The molecule has 1 aromatic carbocycles. The van der Waals surface area contributed by atoms with Crippen molar-refractivity contribution in [2.45, 2.75) is 57.4 Å². The van der Waals surface area contributed by atoms with Gasteiger partial charge in [-0.1, -0.05) is 18.9 Å². The first kappa shape index (κ1) is 18.1. The summed E-state index contributed by atoms with van der Waals surface area (Å²) in [6.07, 6.45) is 7.91. The van der Waals surface area contributed by atoms with Gasteiger partial charge in [-0.2, -0.15) is 0 Å². The van der Waals surface area contributed by atoms with Crippen LogP contribution in [0.1, 0.15) is 61.7 Å². The van der Waals surface area contributed by atoms with Gasteiger partial charge in [0.15, 0.2) is 11.5 Å². The molecule has 2 heterocycles. The second-order valence-electron chi connectivity index (χ2n) is 8.46.